The molecule has 1 aromatic rings. The van der Waals surface area contributed by atoms with Gasteiger partial charge < -0.3 is 10.6 Å². The van der Waals surface area contributed by atoms with Gasteiger partial charge in [-0.2, -0.15) is 4.98 Å². The maximum Gasteiger partial charge on any atom is 0.329 e. The molecule has 7 heteroatoms. The highest BCUT2D eigenvalue weighted by Gasteiger charge is 2.30. The van der Waals surface area contributed by atoms with Crippen LogP contribution in [0.15, 0.2) is 6.20 Å². The topological polar surface area (TPSA) is 98.2 Å². The Morgan fingerprint density at radius 2 is 2.06 bits per heavy atom. The van der Waals surface area contributed by atoms with Gasteiger partial charge in [-0.3, -0.25) is 10.1 Å². The van der Waals surface area contributed by atoms with E-state index in [4.69, 9.17) is 5.73 Å². The normalized spacial score (nSPS) is 18.7. The van der Waals surface area contributed by atoms with Gasteiger partial charge in [0, 0.05) is 13.1 Å². The second-order valence-electron chi connectivity index (χ2n) is 5.35. The molecule has 0 bridgehead atoms. The molecular formula is C11H17N5O2. The third-order valence-corrected chi connectivity index (χ3v) is 3.38. The maximum atomic E-state index is 11.0. The minimum Gasteiger partial charge on any atom is -0.368 e. The summed E-state index contributed by atoms with van der Waals surface area (Å²) in [5.41, 5.74) is 5.72. The largest absolute Gasteiger partial charge is 0.368 e. The third-order valence-electron chi connectivity index (χ3n) is 3.38. The zero-order chi connectivity index (χ0) is 13.3. The average molecular weight is 251 g/mol. The molecule has 0 aliphatic carbocycles. The van der Waals surface area contributed by atoms with Crippen LogP contribution in [0.5, 0.6) is 0 Å². The van der Waals surface area contributed by atoms with Crippen molar-refractivity contribution in [3.63, 3.8) is 0 Å². The van der Waals surface area contributed by atoms with Gasteiger partial charge in [0.15, 0.2) is 0 Å². The molecule has 98 valence electrons. The van der Waals surface area contributed by atoms with Crippen molar-refractivity contribution in [2.24, 2.45) is 5.41 Å². The fourth-order valence-corrected chi connectivity index (χ4v) is 2.07. The number of rotatable bonds is 2. The van der Waals surface area contributed by atoms with Crippen LogP contribution in [-0.2, 0) is 0 Å². The minimum absolute atomic E-state index is 0.0698. The van der Waals surface area contributed by atoms with Crippen molar-refractivity contribution in [3.8, 4) is 0 Å². The molecule has 1 saturated heterocycles. The van der Waals surface area contributed by atoms with Crippen molar-refractivity contribution in [2.75, 3.05) is 23.7 Å². The van der Waals surface area contributed by atoms with Crippen molar-refractivity contribution < 1.29 is 4.92 Å². The molecule has 18 heavy (non-hydrogen) atoms. The van der Waals surface area contributed by atoms with Crippen LogP contribution in [0.4, 0.5) is 17.5 Å². The molecule has 0 aromatic carbocycles. The van der Waals surface area contributed by atoms with Gasteiger partial charge in [-0.15, -0.1) is 0 Å². The van der Waals surface area contributed by atoms with Crippen LogP contribution >= 0.6 is 0 Å². The molecule has 0 spiro atoms. The summed E-state index contributed by atoms with van der Waals surface area (Å²) < 4.78 is 0. The Bertz CT molecular complexity index is 465. The zero-order valence-electron chi connectivity index (χ0n) is 10.6. The van der Waals surface area contributed by atoms with Gasteiger partial charge in [-0.05, 0) is 18.3 Å². The molecular weight excluding hydrogens is 234 g/mol. The molecule has 2 N–H and O–H groups in total. The highest BCUT2D eigenvalue weighted by atomic mass is 16.6. The summed E-state index contributed by atoms with van der Waals surface area (Å²) in [6.45, 7) is 5.91. The van der Waals surface area contributed by atoms with E-state index < -0.39 is 4.92 Å². The molecule has 0 saturated carbocycles. The average Bonchev–Trinajstić information content (AvgIpc) is 2.28. The van der Waals surface area contributed by atoms with E-state index in [1.54, 1.807) is 0 Å². The molecule has 2 heterocycles. The van der Waals surface area contributed by atoms with Crippen molar-refractivity contribution >= 4 is 17.5 Å². The quantitative estimate of drug-likeness (QED) is 0.633. The lowest BCUT2D eigenvalue weighted by molar-refractivity contribution is -0.384. The summed E-state index contributed by atoms with van der Waals surface area (Å²) in [6, 6.07) is 0. The lowest BCUT2D eigenvalue weighted by Crippen LogP contribution is -2.38. The van der Waals surface area contributed by atoms with E-state index >= 15 is 0 Å². The van der Waals surface area contributed by atoms with Gasteiger partial charge in [0.25, 0.3) is 0 Å². The number of piperidine rings is 1. The van der Waals surface area contributed by atoms with Gasteiger partial charge in [-0.25, -0.2) is 4.98 Å². The highest BCUT2D eigenvalue weighted by Crippen LogP contribution is 2.34. The molecule has 2 rings (SSSR count). The minimum atomic E-state index is -0.464. The number of nitro groups is 1. The van der Waals surface area contributed by atoms with Crippen LogP contribution in [0.25, 0.3) is 0 Å². The van der Waals surface area contributed by atoms with Crippen molar-refractivity contribution in [1.29, 1.82) is 0 Å². The fourth-order valence-electron chi connectivity index (χ4n) is 2.07. The summed E-state index contributed by atoms with van der Waals surface area (Å²) in [4.78, 5) is 20.1. The van der Waals surface area contributed by atoms with Gasteiger partial charge in [-0.1, -0.05) is 13.8 Å². The van der Waals surface area contributed by atoms with E-state index in [0.29, 0.717) is 5.82 Å². The summed E-state index contributed by atoms with van der Waals surface area (Å²) in [6.07, 6.45) is 3.14. The molecule has 0 amide bonds. The van der Waals surface area contributed by atoms with Gasteiger partial charge in [0.2, 0.25) is 11.8 Å². The summed E-state index contributed by atoms with van der Waals surface area (Å²) in [5, 5.41) is 11.0. The van der Waals surface area contributed by atoms with Crippen LogP contribution in [0, 0.1) is 15.5 Å². The van der Waals surface area contributed by atoms with E-state index in [2.05, 4.69) is 23.8 Å². The Kier molecular flexibility index (Phi) is 3.06. The van der Waals surface area contributed by atoms with Crippen LogP contribution < -0.4 is 10.6 Å². The predicted molar refractivity (Wildman–Crippen MR) is 68.3 cm³/mol. The Labute approximate surface area is 105 Å². The number of nitrogens with zero attached hydrogens (tertiary/aromatic N) is 4. The monoisotopic (exact) mass is 251 g/mol. The van der Waals surface area contributed by atoms with E-state index in [-0.39, 0.29) is 17.1 Å². The molecule has 7 nitrogen and oxygen atoms in total. The van der Waals surface area contributed by atoms with E-state index in [1.165, 1.54) is 6.20 Å². The number of nitrogen functional groups attached to an aromatic ring is 1. The van der Waals surface area contributed by atoms with Gasteiger partial charge >= 0.3 is 5.69 Å². The molecule has 0 unspecified atom stereocenters. The molecule has 1 aliphatic heterocycles. The lowest BCUT2D eigenvalue weighted by Gasteiger charge is -2.37. The molecule has 1 fully saturated rings. The second-order valence-corrected chi connectivity index (χ2v) is 5.35. The van der Waals surface area contributed by atoms with E-state index in [0.717, 1.165) is 25.9 Å². The Hall–Kier alpha value is -1.92. The number of hydrogen-bond donors (Lipinski definition) is 1. The molecule has 1 aromatic heterocycles. The lowest BCUT2D eigenvalue weighted by atomic mass is 9.83. The zero-order valence-corrected chi connectivity index (χ0v) is 10.6. The second kappa shape index (κ2) is 4.40. The van der Waals surface area contributed by atoms with Crippen molar-refractivity contribution in [3.05, 3.63) is 16.3 Å². The number of aromatic nitrogens is 2. The first-order valence-electron chi connectivity index (χ1n) is 5.91. The Balaban J connectivity index is 2.28. The molecule has 1 aliphatic rings. The van der Waals surface area contributed by atoms with Crippen LogP contribution in [0.2, 0.25) is 0 Å². The van der Waals surface area contributed by atoms with Crippen molar-refractivity contribution in [2.45, 2.75) is 26.7 Å². The first kappa shape index (κ1) is 12.5. The molecule has 0 atom stereocenters. The maximum absolute atomic E-state index is 11.0. The smallest absolute Gasteiger partial charge is 0.329 e. The van der Waals surface area contributed by atoms with E-state index in [9.17, 15) is 10.1 Å². The Morgan fingerprint density at radius 1 is 1.44 bits per heavy atom. The van der Waals surface area contributed by atoms with Crippen LogP contribution in [-0.4, -0.2) is 28.0 Å². The van der Waals surface area contributed by atoms with Gasteiger partial charge in [0.1, 0.15) is 6.20 Å². The van der Waals surface area contributed by atoms with Crippen molar-refractivity contribution in [1.82, 2.24) is 9.97 Å². The first-order valence-corrected chi connectivity index (χ1v) is 5.91. The van der Waals surface area contributed by atoms with Crippen LogP contribution in [0.3, 0.4) is 0 Å². The fraction of sp³-hybridized carbons (Fsp3) is 0.636. The standard InChI is InChI=1S/C11H17N5O2/c1-11(2)3-5-15(6-4-11)9-8(16(17)18)7-13-10(12)14-9/h7H,3-6H2,1-2H3,(H2,12,13,14). The predicted octanol–water partition coefficient (Wildman–Crippen LogP) is 1.59. The third kappa shape index (κ3) is 2.49. The van der Waals surface area contributed by atoms with Gasteiger partial charge in [0.05, 0.1) is 4.92 Å². The van der Waals surface area contributed by atoms with Crippen LogP contribution in [0.1, 0.15) is 26.7 Å². The number of hydrogen-bond acceptors (Lipinski definition) is 6. The SMILES string of the molecule is CC1(C)CCN(c2nc(N)ncc2[N+](=O)[O-])CC1. The molecule has 0 radical (unpaired) electrons. The summed E-state index contributed by atoms with van der Waals surface area (Å²) in [5.74, 6) is 0.406. The summed E-state index contributed by atoms with van der Waals surface area (Å²) >= 11 is 0. The first-order chi connectivity index (χ1) is 8.39. The number of nitrogens with two attached hydrogens (primary N) is 1. The number of anilines is 2. The Morgan fingerprint density at radius 3 is 2.61 bits per heavy atom. The highest BCUT2D eigenvalue weighted by molar-refractivity contribution is 5.58. The summed E-state index contributed by atoms with van der Waals surface area (Å²) in [7, 11) is 0. The van der Waals surface area contributed by atoms with E-state index in [1.807, 2.05) is 4.90 Å².